The van der Waals surface area contributed by atoms with Crippen molar-refractivity contribution in [2.75, 3.05) is 19.1 Å². The van der Waals surface area contributed by atoms with E-state index in [1.54, 1.807) is 0 Å². The highest BCUT2D eigenvalue weighted by Gasteiger charge is 2.10. The highest BCUT2D eigenvalue weighted by molar-refractivity contribution is 6.19. The molecule has 94 valence electrons. The third kappa shape index (κ3) is 4.90. The van der Waals surface area contributed by atoms with Crippen LogP contribution in [-0.2, 0) is 9.47 Å². The highest BCUT2D eigenvalue weighted by Crippen LogP contribution is 2.19. The summed E-state index contributed by atoms with van der Waals surface area (Å²) in [5.41, 5.74) is 2.16. The van der Waals surface area contributed by atoms with Crippen molar-refractivity contribution in [2.45, 2.75) is 20.1 Å². The molecule has 0 N–H and O–H groups in total. The maximum Gasteiger partial charge on any atom is 0.183 e. The quantitative estimate of drug-likeness (QED) is 0.541. The Morgan fingerprint density at radius 2 is 1.71 bits per heavy atom. The van der Waals surface area contributed by atoms with Gasteiger partial charge in [-0.05, 0) is 19.4 Å². The lowest BCUT2D eigenvalue weighted by molar-refractivity contribution is -0.140. The van der Waals surface area contributed by atoms with E-state index in [2.05, 4.69) is 0 Å². The second-order valence-corrected chi connectivity index (χ2v) is 3.77. The summed E-state index contributed by atoms with van der Waals surface area (Å²) in [6, 6.07) is 8.10. The largest absolute Gasteiger partial charge is 0.349 e. The highest BCUT2D eigenvalue weighted by atomic mass is 35.5. The average Bonchev–Trinajstić information content (AvgIpc) is 2.37. The molecular formula is C14H19ClO2. The molecule has 0 aromatic heterocycles. The fourth-order valence-electron chi connectivity index (χ4n) is 1.49. The van der Waals surface area contributed by atoms with Crippen molar-refractivity contribution in [1.29, 1.82) is 0 Å². The number of ether oxygens (including phenoxy) is 2. The van der Waals surface area contributed by atoms with Crippen molar-refractivity contribution in [2.24, 2.45) is 0 Å². The van der Waals surface area contributed by atoms with Crippen LogP contribution < -0.4 is 0 Å². The summed E-state index contributed by atoms with van der Waals surface area (Å²) in [7, 11) is 0. The SMILES string of the molecule is CCOC(OCC)c1ccc(C=CCCl)cc1. The van der Waals surface area contributed by atoms with Gasteiger partial charge in [-0.3, -0.25) is 0 Å². The van der Waals surface area contributed by atoms with E-state index in [0.717, 1.165) is 11.1 Å². The predicted molar refractivity (Wildman–Crippen MR) is 72.2 cm³/mol. The molecule has 0 aliphatic heterocycles. The minimum Gasteiger partial charge on any atom is -0.349 e. The Hall–Kier alpha value is -0.830. The first-order chi connectivity index (χ1) is 8.31. The number of hydrogen-bond acceptors (Lipinski definition) is 2. The molecule has 0 bridgehead atoms. The molecule has 0 heterocycles. The van der Waals surface area contributed by atoms with Gasteiger partial charge in [0.1, 0.15) is 0 Å². The van der Waals surface area contributed by atoms with Crippen LogP contribution in [0.4, 0.5) is 0 Å². The minimum atomic E-state index is -0.268. The third-order valence-corrected chi connectivity index (χ3v) is 2.42. The van der Waals surface area contributed by atoms with Gasteiger partial charge in [0.2, 0.25) is 0 Å². The molecule has 0 radical (unpaired) electrons. The smallest absolute Gasteiger partial charge is 0.183 e. The first kappa shape index (κ1) is 14.2. The van der Waals surface area contributed by atoms with E-state index >= 15 is 0 Å². The molecule has 0 saturated carbocycles. The van der Waals surface area contributed by atoms with Crippen molar-refractivity contribution in [3.8, 4) is 0 Å². The van der Waals surface area contributed by atoms with E-state index in [-0.39, 0.29) is 6.29 Å². The molecule has 0 atom stereocenters. The number of hydrogen-bond donors (Lipinski definition) is 0. The Bertz CT molecular complexity index is 327. The predicted octanol–water partition coefficient (Wildman–Crippen LogP) is 4.01. The van der Waals surface area contributed by atoms with Crippen molar-refractivity contribution in [3.05, 3.63) is 41.5 Å². The van der Waals surface area contributed by atoms with Crippen LogP contribution in [0.1, 0.15) is 31.3 Å². The van der Waals surface area contributed by atoms with E-state index in [1.165, 1.54) is 0 Å². The van der Waals surface area contributed by atoms with Gasteiger partial charge in [-0.15, -0.1) is 11.6 Å². The summed E-state index contributed by atoms with van der Waals surface area (Å²) in [5.74, 6) is 0.530. The van der Waals surface area contributed by atoms with Crippen LogP contribution in [0.15, 0.2) is 30.3 Å². The summed E-state index contributed by atoms with van der Waals surface area (Å²) in [6.45, 7) is 5.20. The zero-order valence-electron chi connectivity index (χ0n) is 10.4. The topological polar surface area (TPSA) is 18.5 Å². The molecule has 0 aliphatic rings. The second kappa shape index (κ2) is 8.29. The fourth-order valence-corrected chi connectivity index (χ4v) is 1.58. The van der Waals surface area contributed by atoms with Gasteiger partial charge in [-0.2, -0.15) is 0 Å². The van der Waals surface area contributed by atoms with Crippen molar-refractivity contribution < 1.29 is 9.47 Å². The Kier molecular flexibility index (Phi) is 6.94. The molecule has 1 rings (SSSR count). The maximum atomic E-state index is 5.59. The Morgan fingerprint density at radius 1 is 1.12 bits per heavy atom. The molecule has 0 spiro atoms. The molecule has 1 aromatic rings. The molecule has 3 heteroatoms. The number of halogens is 1. The third-order valence-electron chi connectivity index (χ3n) is 2.24. The van der Waals surface area contributed by atoms with Crippen molar-refractivity contribution >= 4 is 17.7 Å². The summed E-state index contributed by atoms with van der Waals surface area (Å²) in [4.78, 5) is 0. The van der Waals surface area contributed by atoms with Crippen molar-refractivity contribution in [3.63, 3.8) is 0 Å². The maximum absolute atomic E-state index is 5.59. The van der Waals surface area contributed by atoms with Crippen LogP contribution in [-0.4, -0.2) is 19.1 Å². The van der Waals surface area contributed by atoms with Crippen LogP contribution >= 0.6 is 11.6 Å². The Labute approximate surface area is 108 Å². The van der Waals surface area contributed by atoms with Crippen LogP contribution in [0.5, 0.6) is 0 Å². The first-order valence-corrected chi connectivity index (χ1v) is 6.41. The number of benzene rings is 1. The molecule has 2 nitrogen and oxygen atoms in total. The Morgan fingerprint density at radius 3 is 2.18 bits per heavy atom. The lowest BCUT2D eigenvalue weighted by Crippen LogP contribution is -2.08. The molecule has 0 aliphatic carbocycles. The lowest BCUT2D eigenvalue weighted by atomic mass is 10.1. The van der Waals surface area contributed by atoms with Gasteiger partial charge in [-0.1, -0.05) is 36.4 Å². The standard InChI is InChI=1S/C14H19ClO2/c1-3-16-14(17-4-2)13-9-7-12(8-10-13)6-5-11-15/h5-10,14H,3-4,11H2,1-2H3. The molecule has 0 fully saturated rings. The van der Waals surface area contributed by atoms with Crippen LogP contribution in [0.3, 0.4) is 0 Å². The van der Waals surface area contributed by atoms with Gasteiger partial charge in [0, 0.05) is 24.7 Å². The summed E-state index contributed by atoms with van der Waals surface area (Å²) in [6.07, 6.45) is 3.64. The summed E-state index contributed by atoms with van der Waals surface area (Å²) in [5, 5.41) is 0. The van der Waals surface area contributed by atoms with Crippen LogP contribution in [0.2, 0.25) is 0 Å². The molecule has 17 heavy (non-hydrogen) atoms. The monoisotopic (exact) mass is 254 g/mol. The number of allylic oxidation sites excluding steroid dienone is 1. The zero-order chi connectivity index (χ0) is 12.5. The molecule has 0 amide bonds. The molecular weight excluding hydrogens is 236 g/mol. The van der Waals surface area contributed by atoms with Gasteiger partial charge in [-0.25, -0.2) is 0 Å². The van der Waals surface area contributed by atoms with Gasteiger partial charge in [0.25, 0.3) is 0 Å². The summed E-state index contributed by atoms with van der Waals surface area (Å²) < 4.78 is 11.1. The lowest BCUT2D eigenvalue weighted by Gasteiger charge is -2.17. The van der Waals surface area contributed by atoms with Gasteiger partial charge >= 0.3 is 0 Å². The second-order valence-electron chi connectivity index (χ2n) is 3.47. The van der Waals surface area contributed by atoms with E-state index in [4.69, 9.17) is 21.1 Å². The molecule has 0 unspecified atom stereocenters. The van der Waals surface area contributed by atoms with E-state index < -0.39 is 0 Å². The van der Waals surface area contributed by atoms with Gasteiger partial charge in [0.05, 0.1) is 0 Å². The van der Waals surface area contributed by atoms with Gasteiger partial charge in [0.15, 0.2) is 6.29 Å². The first-order valence-electron chi connectivity index (χ1n) is 5.87. The summed E-state index contributed by atoms with van der Waals surface area (Å²) >= 11 is 5.59. The van der Waals surface area contributed by atoms with Gasteiger partial charge < -0.3 is 9.47 Å². The van der Waals surface area contributed by atoms with E-state index in [1.807, 2.05) is 50.3 Å². The minimum absolute atomic E-state index is 0.268. The zero-order valence-corrected chi connectivity index (χ0v) is 11.1. The van der Waals surface area contributed by atoms with Crippen LogP contribution in [0.25, 0.3) is 6.08 Å². The average molecular weight is 255 g/mol. The number of alkyl halides is 1. The van der Waals surface area contributed by atoms with Crippen molar-refractivity contribution in [1.82, 2.24) is 0 Å². The van der Waals surface area contributed by atoms with Crippen LogP contribution in [0, 0.1) is 0 Å². The fraction of sp³-hybridized carbons (Fsp3) is 0.429. The van der Waals surface area contributed by atoms with E-state index in [9.17, 15) is 0 Å². The molecule has 1 aromatic carbocycles. The number of rotatable bonds is 7. The molecule has 0 saturated heterocycles. The normalized spacial score (nSPS) is 11.5. The van der Waals surface area contributed by atoms with E-state index in [0.29, 0.717) is 19.1 Å². The Balaban J connectivity index is 2.72.